The van der Waals surface area contributed by atoms with Crippen LogP contribution < -0.4 is 14.2 Å². The van der Waals surface area contributed by atoms with Crippen molar-refractivity contribution in [1.29, 1.82) is 0 Å². The van der Waals surface area contributed by atoms with Crippen molar-refractivity contribution < 1.29 is 14.5 Å². The van der Waals surface area contributed by atoms with Crippen molar-refractivity contribution in [3.8, 4) is 0 Å². The lowest BCUT2D eigenvalue weighted by molar-refractivity contribution is -0.121. The standard InChI is InChI=1S/C24H22BrN3O3P/c25-18-11-13-21(14-12-18)28-23(29)17-22(24(28)30)32(31)26(19-7-3-1-4-8-19)15-16-27(32)20-9-5-2-6-10-20/h1-14,22,31H,15-17H2/q+1. The van der Waals surface area contributed by atoms with Crippen LogP contribution in [0.4, 0.5) is 17.1 Å². The van der Waals surface area contributed by atoms with Gasteiger partial charge in [0.15, 0.2) is 0 Å². The number of halogens is 1. The highest BCUT2D eigenvalue weighted by atomic mass is 79.9. The highest BCUT2D eigenvalue weighted by Gasteiger charge is 2.68. The second-order valence-electron chi connectivity index (χ2n) is 7.80. The number of carbonyl (C=O) groups excluding carboxylic acids is 2. The fourth-order valence-electron chi connectivity index (χ4n) is 4.50. The zero-order valence-electron chi connectivity index (χ0n) is 17.2. The van der Waals surface area contributed by atoms with Gasteiger partial charge in [-0.05, 0) is 48.5 Å². The third kappa shape index (κ3) is 3.41. The second-order valence-corrected chi connectivity index (χ2v) is 11.5. The van der Waals surface area contributed by atoms with Gasteiger partial charge in [0.2, 0.25) is 11.6 Å². The van der Waals surface area contributed by atoms with Crippen LogP contribution in [0.2, 0.25) is 0 Å². The minimum atomic E-state index is -3.25. The molecule has 1 unspecified atom stereocenters. The Labute approximate surface area is 195 Å². The number of para-hydroxylation sites is 2. The number of amides is 2. The topological polar surface area (TPSA) is 64.1 Å². The van der Waals surface area contributed by atoms with Crippen LogP contribution >= 0.6 is 23.7 Å². The predicted octanol–water partition coefficient (Wildman–Crippen LogP) is 4.86. The highest BCUT2D eigenvalue weighted by molar-refractivity contribution is 9.10. The monoisotopic (exact) mass is 510 g/mol. The number of carbonyl (C=O) groups is 2. The molecular formula is C24H22BrN3O3P+. The summed E-state index contributed by atoms with van der Waals surface area (Å²) in [5, 5.41) is 0. The lowest BCUT2D eigenvalue weighted by Gasteiger charge is -2.34. The first-order valence-electron chi connectivity index (χ1n) is 10.4. The first-order valence-corrected chi connectivity index (χ1v) is 12.9. The molecule has 0 saturated carbocycles. The van der Waals surface area contributed by atoms with E-state index in [1.807, 2.05) is 70.0 Å². The van der Waals surface area contributed by atoms with Crippen molar-refractivity contribution in [2.45, 2.75) is 12.1 Å². The van der Waals surface area contributed by atoms with Crippen molar-refractivity contribution >= 4 is 52.6 Å². The van der Waals surface area contributed by atoms with Crippen LogP contribution in [0.25, 0.3) is 0 Å². The molecule has 0 aromatic heterocycles. The zero-order chi connectivity index (χ0) is 22.3. The van der Waals surface area contributed by atoms with Gasteiger partial charge in [0.25, 0.3) is 5.91 Å². The Hall–Kier alpha value is -2.73. The van der Waals surface area contributed by atoms with Gasteiger partial charge in [-0.3, -0.25) is 9.59 Å². The largest absolute Gasteiger partial charge is 0.344 e. The minimum absolute atomic E-state index is 0.0220. The van der Waals surface area contributed by atoms with Crippen molar-refractivity contribution in [1.82, 2.24) is 0 Å². The van der Waals surface area contributed by atoms with Crippen molar-refractivity contribution in [3.63, 3.8) is 0 Å². The molecule has 3 aromatic rings. The zero-order valence-corrected chi connectivity index (χ0v) is 19.7. The first kappa shape index (κ1) is 21.1. The summed E-state index contributed by atoms with van der Waals surface area (Å²) in [7, 11) is -3.25. The van der Waals surface area contributed by atoms with E-state index in [4.69, 9.17) is 0 Å². The van der Waals surface area contributed by atoms with Crippen LogP contribution in [0.5, 0.6) is 0 Å². The molecule has 2 aliphatic rings. The van der Waals surface area contributed by atoms with E-state index in [1.54, 1.807) is 24.3 Å². The molecule has 6 nitrogen and oxygen atoms in total. The van der Waals surface area contributed by atoms with Gasteiger partial charge < -0.3 is 0 Å². The molecule has 2 amide bonds. The molecule has 2 fully saturated rings. The molecule has 2 aliphatic heterocycles. The van der Waals surface area contributed by atoms with Crippen LogP contribution in [-0.2, 0) is 9.59 Å². The number of anilines is 3. The van der Waals surface area contributed by atoms with E-state index < -0.39 is 13.4 Å². The summed E-state index contributed by atoms with van der Waals surface area (Å²) in [5.41, 5.74) is 1.39. The SMILES string of the molecule is O=C1CC([P+]2(O)N(c3ccccc3)CCN2c2ccccc2)C(=O)N1c1ccc(Br)cc1. The van der Waals surface area contributed by atoms with E-state index in [9.17, 15) is 14.5 Å². The number of hydrogen-bond acceptors (Lipinski definition) is 5. The van der Waals surface area contributed by atoms with E-state index in [0.717, 1.165) is 15.8 Å². The molecule has 32 heavy (non-hydrogen) atoms. The molecule has 1 N–H and O–H groups in total. The van der Waals surface area contributed by atoms with Gasteiger partial charge in [0, 0.05) is 4.47 Å². The summed E-state index contributed by atoms with van der Waals surface area (Å²) in [5.74, 6) is -0.638. The van der Waals surface area contributed by atoms with Gasteiger partial charge in [-0.1, -0.05) is 52.3 Å². The van der Waals surface area contributed by atoms with E-state index in [-0.39, 0.29) is 18.2 Å². The van der Waals surface area contributed by atoms with E-state index >= 15 is 0 Å². The Balaban J connectivity index is 1.58. The molecular weight excluding hydrogens is 489 g/mol. The van der Waals surface area contributed by atoms with Gasteiger partial charge in [0.1, 0.15) is 0 Å². The smallest absolute Gasteiger partial charge is 0.274 e. The summed E-state index contributed by atoms with van der Waals surface area (Å²) >= 11 is 3.39. The van der Waals surface area contributed by atoms with E-state index in [1.165, 1.54) is 4.90 Å². The maximum Gasteiger partial charge on any atom is 0.344 e. The van der Waals surface area contributed by atoms with Gasteiger partial charge >= 0.3 is 7.79 Å². The molecule has 0 spiro atoms. The molecule has 0 radical (unpaired) electrons. The molecule has 1 atom stereocenters. The Morgan fingerprint density at radius 2 is 1.25 bits per heavy atom. The maximum atomic E-state index is 13.7. The summed E-state index contributed by atoms with van der Waals surface area (Å²) < 4.78 is 4.76. The third-order valence-corrected chi connectivity index (χ3v) is 10.0. The van der Waals surface area contributed by atoms with Crippen LogP contribution in [-0.4, -0.2) is 35.5 Å². The number of hydrogen-bond donors (Lipinski definition) is 1. The number of rotatable bonds is 4. The molecule has 5 rings (SSSR count). The summed E-state index contributed by atoms with van der Waals surface area (Å²) in [6, 6.07) is 26.3. The van der Waals surface area contributed by atoms with Gasteiger partial charge in [-0.2, -0.15) is 0 Å². The minimum Gasteiger partial charge on any atom is -0.274 e. The Morgan fingerprint density at radius 3 is 1.75 bits per heavy atom. The molecule has 2 saturated heterocycles. The van der Waals surface area contributed by atoms with E-state index in [0.29, 0.717) is 18.8 Å². The summed E-state index contributed by atoms with van der Waals surface area (Å²) in [6.45, 7) is 1.14. The maximum absolute atomic E-state index is 13.7. The van der Waals surface area contributed by atoms with Crippen molar-refractivity contribution in [2.75, 3.05) is 27.3 Å². The van der Waals surface area contributed by atoms with Crippen molar-refractivity contribution in [2.24, 2.45) is 0 Å². The third-order valence-electron chi connectivity index (χ3n) is 5.97. The average Bonchev–Trinajstić information content (AvgIpc) is 3.32. The fourth-order valence-corrected chi connectivity index (χ4v) is 8.22. The first-order chi connectivity index (χ1) is 15.5. The highest BCUT2D eigenvalue weighted by Crippen LogP contribution is 2.71. The van der Waals surface area contributed by atoms with Crippen LogP contribution in [0.15, 0.2) is 89.4 Å². The van der Waals surface area contributed by atoms with E-state index in [2.05, 4.69) is 15.9 Å². The Kier molecular flexibility index (Phi) is 5.49. The molecule has 162 valence electrons. The summed E-state index contributed by atoms with van der Waals surface area (Å²) in [6.07, 6.45) is -0.0220. The van der Waals surface area contributed by atoms with Crippen molar-refractivity contribution in [3.05, 3.63) is 89.4 Å². The fraction of sp³-hybridized carbons (Fsp3) is 0.167. The Bertz CT molecular complexity index is 1100. The second kappa shape index (κ2) is 8.32. The number of imide groups is 1. The lowest BCUT2D eigenvalue weighted by atomic mass is 10.3. The van der Waals surface area contributed by atoms with Gasteiger partial charge in [-0.15, -0.1) is 0 Å². The Morgan fingerprint density at radius 1 is 0.750 bits per heavy atom. The van der Waals surface area contributed by atoms with Crippen LogP contribution in [0.1, 0.15) is 6.42 Å². The molecule has 0 aliphatic carbocycles. The van der Waals surface area contributed by atoms with Crippen LogP contribution in [0, 0.1) is 0 Å². The number of benzene rings is 3. The number of nitrogens with zero attached hydrogens (tertiary/aromatic N) is 3. The van der Waals surface area contributed by atoms with Crippen LogP contribution in [0.3, 0.4) is 0 Å². The normalized spacial score (nSPS) is 20.3. The molecule has 3 aromatic carbocycles. The quantitative estimate of drug-likeness (QED) is 0.401. The molecule has 0 bridgehead atoms. The molecule has 8 heteroatoms. The lowest BCUT2D eigenvalue weighted by Crippen LogP contribution is -2.39. The van der Waals surface area contributed by atoms with Gasteiger partial charge in [0.05, 0.1) is 36.6 Å². The van der Waals surface area contributed by atoms with Gasteiger partial charge in [-0.25, -0.2) is 19.1 Å². The molecule has 2 heterocycles. The predicted molar refractivity (Wildman–Crippen MR) is 132 cm³/mol. The summed E-state index contributed by atoms with van der Waals surface area (Å²) in [4.78, 5) is 40.3. The average molecular weight is 511 g/mol.